The number of benzene rings is 1. The van der Waals surface area contributed by atoms with Gasteiger partial charge in [-0.2, -0.15) is 0 Å². The second kappa shape index (κ2) is 4.18. The van der Waals surface area contributed by atoms with Gasteiger partial charge in [-0.3, -0.25) is 0 Å². The monoisotopic (exact) mass is 219 g/mol. The van der Waals surface area contributed by atoms with Gasteiger partial charge in [0, 0.05) is 42.2 Å². The number of ether oxygens (including phenoxy) is 1. The van der Waals surface area contributed by atoms with Crippen LogP contribution in [0.2, 0.25) is 0 Å². The molecule has 0 spiro atoms. The number of methoxy groups -OCH3 is 1. The first-order valence-electron chi connectivity index (χ1n) is 5.41. The highest BCUT2D eigenvalue weighted by atomic mass is 16.5. The van der Waals surface area contributed by atoms with Gasteiger partial charge in [-0.1, -0.05) is 6.92 Å². The molecule has 1 unspecified atom stereocenters. The van der Waals surface area contributed by atoms with Crippen molar-refractivity contribution in [1.82, 2.24) is 4.57 Å². The molecule has 3 heteroatoms. The van der Waals surface area contributed by atoms with E-state index in [0.29, 0.717) is 0 Å². The van der Waals surface area contributed by atoms with Crippen LogP contribution in [0.3, 0.4) is 0 Å². The summed E-state index contributed by atoms with van der Waals surface area (Å²) in [7, 11) is 3.68. The number of hydrogen-bond donors (Lipinski definition) is 1. The van der Waals surface area contributed by atoms with Crippen LogP contribution in [-0.4, -0.2) is 23.4 Å². The molecule has 0 aliphatic carbocycles. The van der Waals surface area contributed by atoms with Crippen LogP contribution in [0.15, 0.2) is 24.4 Å². The molecular formula is C13H17NO2. The number of nitrogens with zero attached hydrogens (tertiary/aromatic N) is 1. The van der Waals surface area contributed by atoms with Crippen molar-refractivity contribution in [2.75, 3.05) is 13.7 Å². The maximum atomic E-state index is 9.24. The third-order valence-corrected chi connectivity index (χ3v) is 3.04. The average molecular weight is 219 g/mol. The molecule has 1 aromatic carbocycles. The zero-order valence-corrected chi connectivity index (χ0v) is 9.90. The number of aliphatic hydroxyl groups is 1. The maximum Gasteiger partial charge on any atom is 0.123 e. The van der Waals surface area contributed by atoms with E-state index in [2.05, 4.69) is 16.7 Å². The first-order valence-corrected chi connectivity index (χ1v) is 5.41. The molecule has 2 aromatic rings. The van der Waals surface area contributed by atoms with E-state index in [1.807, 2.05) is 26.2 Å². The first-order chi connectivity index (χ1) is 7.67. The molecule has 0 aliphatic heterocycles. The summed E-state index contributed by atoms with van der Waals surface area (Å²) in [6.45, 7) is 2.12. The van der Waals surface area contributed by atoms with E-state index in [0.717, 1.165) is 22.2 Å². The number of rotatable bonds is 3. The van der Waals surface area contributed by atoms with Crippen LogP contribution < -0.4 is 4.74 Å². The lowest BCUT2D eigenvalue weighted by molar-refractivity contribution is 0.270. The number of fused-ring (bicyclic) bond motifs is 1. The minimum Gasteiger partial charge on any atom is -0.496 e. The summed E-state index contributed by atoms with van der Waals surface area (Å²) in [5.74, 6) is 0.939. The molecular weight excluding hydrogens is 202 g/mol. The summed E-state index contributed by atoms with van der Waals surface area (Å²) in [4.78, 5) is 0. The van der Waals surface area contributed by atoms with Gasteiger partial charge in [-0.25, -0.2) is 0 Å². The van der Waals surface area contributed by atoms with Crippen LogP contribution in [0.1, 0.15) is 18.4 Å². The highest BCUT2D eigenvalue weighted by Gasteiger charge is 2.13. The lowest BCUT2D eigenvalue weighted by atomic mass is 9.99. The summed E-state index contributed by atoms with van der Waals surface area (Å²) in [6.07, 6.45) is 2.03. The molecule has 0 saturated carbocycles. The zero-order chi connectivity index (χ0) is 11.7. The van der Waals surface area contributed by atoms with Gasteiger partial charge in [0.2, 0.25) is 0 Å². The van der Waals surface area contributed by atoms with Crippen LogP contribution in [0.4, 0.5) is 0 Å². The molecule has 0 amide bonds. The third kappa shape index (κ3) is 1.67. The fourth-order valence-corrected chi connectivity index (χ4v) is 1.97. The molecule has 1 heterocycles. The van der Waals surface area contributed by atoms with Crippen molar-refractivity contribution in [3.05, 3.63) is 30.0 Å². The second-order valence-electron chi connectivity index (χ2n) is 4.16. The highest BCUT2D eigenvalue weighted by molar-refractivity contribution is 5.83. The Morgan fingerprint density at radius 1 is 1.44 bits per heavy atom. The maximum absolute atomic E-state index is 9.24. The van der Waals surface area contributed by atoms with Gasteiger partial charge in [-0.05, 0) is 18.2 Å². The summed E-state index contributed by atoms with van der Waals surface area (Å²) in [6, 6.07) is 6.18. The largest absolute Gasteiger partial charge is 0.496 e. The average Bonchev–Trinajstić information content (AvgIpc) is 2.68. The normalized spacial score (nSPS) is 13.0. The smallest absolute Gasteiger partial charge is 0.123 e. The summed E-state index contributed by atoms with van der Waals surface area (Å²) >= 11 is 0. The van der Waals surface area contributed by atoms with Crippen LogP contribution in [0, 0.1) is 0 Å². The summed E-state index contributed by atoms with van der Waals surface area (Å²) in [5.41, 5.74) is 2.22. The third-order valence-electron chi connectivity index (χ3n) is 3.04. The first kappa shape index (κ1) is 11.0. The fourth-order valence-electron chi connectivity index (χ4n) is 1.97. The van der Waals surface area contributed by atoms with E-state index in [1.54, 1.807) is 7.11 Å². The van der Waals surface area contributed by atoms with Gasteiger partial charge in [-0.15, -0.1) is 0 Å². The van der Waals surface area contributed by atoms with Crippen molar-refractivity contribution in [3.8, 4) is 5.75 Å². The number of aliphatic hydroxyl groups excluding tert-OH is 1. The molecule has 86 valence electrons. The summed E-state index contributed by atoms with van der Waals surface area (Å²) in [5, 5.41) is 10.4. The Labute approximate surface area is 95.3 Å². The minimum absolute atomic E-state index is 0.0919. The molecule has 0 fully saturated rings. The SMILES string of the molecule is COc1cc2ccn(C)c2cc1C(C)CO. The van der Waals surface area contributed by atoms with E-state index in [9.17, 15) is 5.11 Å². The van der Waals surface area contributed by atoms with Crippen molar-refractivity contribution in [2.45, 2.75) is 12.8 Å². The predicted octanol–water partition coefficient (Wildman–Crippen LogP) is 2.28. The number of aromatic nitrogens is 1. The molecule has 3 nitrogen and oxygen atoms in total. The Hall–Kier alpha value is -1.48. The topological polar surface area (TPSA) is 34.4 Å². The molecule has 0 bridgehead atoms. The molecule has 0 radical (unpaired) electrons. The van der Waals surface area contributed by atoms with Gasteiger partial charge in [0.15, 0.2) is 0 Å². The van der Waals surface area contributed by atoms with E-state index in [1.165, 1.54) is 0 Å². The van der Waals surface area contributed by atoms with Gasteiger partial charge in [0.1, 0.15) is 5.75 Å². The molecule has 16 heavy (non-hydrogen) atoms. The minimum atomic E-state index is 0.0919. The van der Waals surface area contributed by atoms with Gasteiger partial charge in [0.05, 0.1) is 7.11 Å². The van der Waals surface area contributed by atoms with E-state index >= 15 is 0 Å². The molecule has 1 aromatic heterocycles. The van der Waals surface area contributed by atoms with Crippen LogP contribution in [0.25, 0.3) is 10.9 Å². The highest BCUT2D eigenvalue weighted by Crippen LogP contribution is 2.31. The molecule has 0 saturated heterocycles. The lowest BCUT2D eigenvalue weighted by Crippen LogP contribution is -2.02. The van der Waals surface area contributed by atoms with E-state index in [4.69, 9.17) is 4.74 Å². The van der Waals surface area contributed by atoms with Crippen LogP contribution in [-0.2, 0) is 7.05 Å². The second-order valence-corrected chi connectivity index (χ2v) is 4.16. The van der Waals surface area contributed by atoms with Crippen LogP contribution >= 0.6 is 0 Å². The van der Waals surface area contributed by atoms with Gasteiger partial charge < -0.3 is 14.4 Å². The number of aryl methyl sites for hydroxylation is 1. The quantitative estimate of drug-likeness (QED) is 0.859. The summed E-state index contributed by atoms with van der Waals surface area (Å²) < 4.78 is 7.44. The Kier molecular flexibility index (Phi) is 2.88. The van der Waals surface area contributed by atoms with Crippen molar-refractivity contribution < 1.29 is 9.84 Å². The molecule has 1 atom stereocenters. The van der Waals surface area contributed by atoms with Crippen LogP contribution in [0.5, 0.6) is 5.75 Å². The molecule has 0 aliphatic rings. The number of hydrogen-bond acceptors (Lipinski definition) is 2. The molecule has 2 rings (SSSR count). The van der Waals surface area contributed by atoms with Gasteiger partial charge in [0.25, 0.3) is 0 Å². The zero-order valence-electron chi connectivity index (χ0n) is 9.90. The van der Waals surface area contributed by atoms with Crippen molar-refractivity contribution >= 4 is 10.9 Å². The van der Waals surface area contributed by atoms with E-state index in [-0.39, 0.29) is 12.5 Å². The standard InChI is InChI=1S/C13H17NO2/c1-9(8-15)11-7-12-10(4-5-14(12)2)6-13(11)16-3/h4-7,9,15H,8H2,1-3H3. The Morgan fingerprint density at radius 2 is 2.19 bits per heavy atom. The van der Waals surface area contributed by atoms with Crippen molar-refractivity contribution in [3.63, 3.8) is 0 Å². The van der Waals surface area contributed by atoms with Gasteiger partial charge >= 0.3 is 0 Å². The Morgan fingerprint density at radius 3 is 2.81 bits per heavy atom. The van der Waals surface area contributed by atoms with Crippen molar-refractivity contribution in [1.29, 1.82) is 0 Å². The van der Waals surface area contributed by atoms with Crippen molar-refractivity contribution in [2.24, 2.45) is 7.05 Å². The lowest BCUT2D eigenvalue weighted by Gasteiger charge is -2.14. The predicted molar refractivity (Wildman–Crippen MR) is 65.0 cm³/mol. The van der Waals surface area contributed by atoms with E-state index < -0.39 is 0 Å². The molecule has 1 N–H and O–H groups in total. The fraction of sp³-hybridized carbons (Fsp3) is 0.385. The Bertz CT molecular complexity index is 502. The Balaban J connectivity index is 2.65.